The molecule has 1 fully saturated rings. The van der Waals surface area contributed by atoms with Crippen LogP contribution in [0.15, 0.2) is 22.7 Å². The molecule has 0 aromatic heterocycles. The highest BCUT2D eigenvalue weighted by molar-refractivity contribution is 9.10. The zero-order valence-corrected chi connectivity index (χ0v) is 12.0. The molecule has 0 heterocycles. The summed E-state index contributed by atoms with van der Waals surface area (Å²) in [5.74, 6) is 0.960. The predicted octanol–water partition coefficient (Wildman–Crippen LogP) is 3.69. The Bertz CT molecular complexity index is 411. The Kier molecular flexibility index (Phi) is 3.27. The summed E-state index contributed by atoms with van der Waals surface area (Å²) in [5, 5.41) is 3.82. The third-order valence-electron chi connectivity index (χ3n) is 4.22. The lowest BCUT2D eigenvalue weighted by Crippen LogP contribution is -2.41. The van der Waals surface area contributed by atoms with E-state index >= 15 is 0 Å². The molecule has 17 heavy (non-hydrogen) atoms. The van der Waals surface area contributed by atoms with Crippen LogP contribution in [0.3, 0.4) is 0 Å². The summed E-state index contributed by atoms with van der Waals surface area (Å²) in [7, 11) is 0. The first kappa shape index (κ1) is 11.7. The standard InChI is InChI=1S/C15H20BrN/c1-10(11-2-3-11)17-15-7-5-12-8-14(16)6-4-13(12)9-15/h4,6,8,10-11,15,17H,2-3,5,7,9H2,1H3. The summed E-state index contributed by atoms with van der Waals surface area (Å²) in [6.45, 7) is 2.36. The molecule has 1 aromatic rings. The average Bonchev–Trinajstić information content (AvgIpc) is 3.13. The summed E-state index contributed by atoms with van der Waals surface area (Å²) < 4.78 is 1.22. The number of nitrogens with one attached hydrogen (secondary N) is 1. The minimum absolute atomic E-state index is 0.694. The van der Waals surface area contributed by atoms with E-state index in [2.05, 4.69) is 46.4 Å². The third-order valence-corrected chi connectivity index (χ3v) is 4.72. The third kappa shape index (κ3) is 2.74. The van der Waals surface area contributed by atoms with Crippen molar-refractivity contribution in [3.05, 3.63) is 33.8 Å². The molecule has 1 nitrogen and oxygen atoms in total. The molecule has 2 heteroatoms. The molecule has 1 saturated carbocycles. The van der Waals surface area contributed by atoms with Crippen LogP contribution in [0.25, 0.3) is 0 Å². The van der Waals surface area contributed by atoms with Gasteiger partial charge in [0, 0.05) is 16.6 Å². The molecule has 0 amide bonds. The molecular formula is C15H20BrN. The van der Waals surface area contributed by atoms with E-state index in [1.807, 2.05) is 0 Å². The van der Waals surface area contributed by atoms with E-state index in [1.54, 1.807) is 5.56 Å². The lowest BCUT2D eigenvalue weighted by atomic mass is 9.88. The summed E-state index contributed by atoms with van der Waals surface area (Å²) >= 11 is 3.56. The van der Waals surface area contributed by atoms with Gasteiger partial charge in [0.15, 0.2) is 0 Å². The second-order valence-corrected chi connectivity index (χ2v) is 6.56. The van der Waals surface area contributed by atoms with Crippen molar-refractivity contribution < 1.29 is 0 Å². The summed E-state index contributed by atoms with van der Waals surface area (Å²) in [5.41, 5.74) is 3.08. The van der Waals surface area contributed by atoms with Gasteiger partial charge >= 0.3 is 0 Å². The topological polar surface area (TPSA) is 12.0 Å². The smallest absolute Gasteiger partial charge is 0.0178 e. The molecule has 2 unspecified atom stereocenters. The van der Waals surface area contributed by atoms with Crippen LogP contribution in [0.2, 0.25) is 0 Å². The van der Waals surface area contributed by atoms with Crippen molar-refractivity contribution in [2.24, 2.45) is 5.92 Å². The van der Waals surface area contributed by atoms with Gasteiger partial charge in [-0.2, -0.15) is 0 Å². The van der Waals surface area contributed by atoms with Crippen LogP contribution in [0.4, 0.5) is 0 Å². The van der Waals surface area contributed by atoms with Crippen molar-refractivity contribution in [3.8, 4) is 0 Å². The van der Waals surface area contributed by atoms with Gasteiger partial charge in [-0.15, -0.1) is 0 Å². The first-order valence-electron chi connectivity index (χ1n) is 6.76. The minimum Gasteiger partial charge on any atom is -0.311 e. The van der Waals surface area contributed by atoms with E-state index < -0.39 is 0 Å². The summed E-state index contributed by atoms with van der Waals surface area (Å²) in [6, 6.07) is 8.16. The van der Waals surface area contributed by atoms with Gasteiger partial charge in [0.25, 0.3) is 0 Å². The van der Waals surface area contributed by atoms with Crippen molar-refractivity contribution in [2.45, 2.75) is 51.1 Å². The van der Waals surface area contributed by atoms with Crippen LogP contribution in [0, 0.1) is 5.92 Å². The Morgan fingerprint density at radius 2 is 2.06 bits per heavy atom. The molecule has 0 saturated heterocycles. The molecule has 0 aliphatic heterocycles. The highest BCUT2D eigenvalue weighted by Crippen LogP contribution is 2.33. The Labute approximate surface area is 112 Å². The molecule has 2 atom stereocenters. The van der Waals surface area contributed by atoms with E-state index in [0.29, 0.717) is 6.04 Å². The quantitative estimate of drug-likeness (QED) is 0.896. The first-order valence-corrected chi connectivity index (χ1v) is 7.55. The fourth-order valence-electron chi connectivity index (χ4n) is 2.97. The van der Waals surface area contributed by atoms with E-state index in [0.717, 1.165) is 12.0 Å². The predicted molar refractivity (Wildman–Crippen MR) is 75.3 cm³/mol. The monoisotopic (exact) mass is 293 g/mol. The molecule has 92 valence electrons. The van der Waals surface area contributed by atoms with Crippen LogP contribution >= 0.6 is 15.9 Å². The number of rotatable bonds is 3. The van der Waals surface area contributed by atoms with Crippen LogP contribution < -0.4 is 5.32 Å². The van der Waals surface area contributed by atoms with Crippen LogP contribution in [0.1, 0.15) is 37.3 Å². The van der Waals surface area contributed by atoms with Crippen molar-refractivity contribution in [1.29, 1.82) is 0 Å². The van der Waals surface area contributed by atoms with Gasteiger partial charge in [-0.25, -0.2) is 0 Å². The zero-order chi connectivity index (χ0) is 11.8. The molecule has 2 aliphatic carbocycles. The fraction of sp³-hybridized carbons (Fsp3) is 0.600. The highest BCUT2D eigenvalue weighted by Gasteiger charge is 2.30. The molecule has 0 bridgehead atoms. The van der Waals surface area contributed by atoms with Gasteiger partial charge in [0.1, 0.15) is 0 Å². The van der Waals surface area contributed by atoms with Crippen LogP contribution in [-0.2, 0) is 12.8 Å². The van der Waals surface area contributed by atoms with Crippen molar-refractivity contribution in [3.63, 3.8) is 0 Å². The van der Waals surface area contributed by atoms with E-state index in [9.17, 15) is 0 Å². The largest absolute Gasteiger partial charge is 0.311 e. The van der Waals surface area contributed by atoms with Crippen molar-refractivity contribution in [2.75, 3.05) is 0 Å². The first-order chi connectivity index (χ1) is 8.22. The second kappa shape index (κ2) is 4.74. The number of benzene rings is 1. The summed E-state index contributed by atoms with van der Waals surface area (Å²) in [6.07, 6.45) is 6.60. The summed E-state index contributed by atoms with van der Waals surface area (Å²) in [4.78, 5) is 0. The Balaban J connectivity index is 1.65. The molecule has 2 aliphatic rings. The van der Waals surface area contributed by atoms with Gasteiger partial charge in [-0.3, -0.25) is 0 Å². The minimum atomic E-state index is 0.694. The maximum atomic E-state index is 3.82. The molecular weight excluding hydrogens is 274 g/mol. The van der Waals surface area contributed by atoms with E-state index in [-0.39, 0.29) is 0 Å². The number of aryl methyl sites for hydroxylation is 1. The van der Waals surface area contributed by atoms with Crippen molar-refractivity contribution in [1.82, 2.24) is 5.32 Å². The molecule has 1 aromatic carbocycles. The van der Waals surface area contributed by atoms with E-state index in [1.165, 1.54) is 42.1 Å². The molecule has 0 spiro atoms. The highest BCUT2D eigenvalue weighted by atomic mass is 79.9. The average molecular weight is 294 g/mol. The molecule has 1 N–H and O–H groups in total. The Morgan fingerprint density at radius 3 is 2.82 bits per heavy atom. The maximum absolute atomic E-state index is 3.82. The van der Waals surface area contributed by atoms with Crippen LogP contribution in [-0.4, -0.2) is 12.1 Å². The molecule has 0 radical (unpaired) electrons. The van der Waals surface area contributed by atoms with Gasteiger partial charge < -0.3 is 5.32 Å². The van der Waals surface area contributed by atoms with Gasteiger partial charge in [0.2, 0.25) is 0 Å². The lowest BCUT2D eigenvalue weighted by Gasteiger charge is -2.28. The fourth-order valence-corrected chi connectivity index (χ4v) is 3.38. The Hall–Kier alpha value is -0.340. The lowest BCUT2D eigenvalue weighted by molar-refractivity contribution is 0.384. The van der Waals surface area contributed by atoms with Gasteiger partial charge in [-0.1, -0.05) is 22.0 Å². The second-order valence-electron chi connectivity index (χ2n) is 5.65. The number of hydrogen-bond acceptors (Lipinski definition) is 1. The zero-order valence-electron chi connectivity index (χ0n) is 10.4. The normalized spacial score (nSPS) is 25.4. The Morgan fingerprint density at radius 1 is 1.24 bits per heavy atom. The molecule has 3 rings (SSSR count). The maximum Gasteiger partial charge on any atom is 0.0178 e. The number of fused-ring (bicyclic) bond motifs is 1. The van der Waals surface area contributed by atoms with Gasteiger partial charge in [0.05, 0.1) is 0 Å². The van der Waals surface area contributed by atoms with Gasteiger partial charge in [-0.05, 0) is 68.2 Å². The SMILES string of the molecule is CC(NC1CCc2cc(Br)ccc2C1)C1CC1. The van der Waals surface area contributed by atoms with E-state index in [4.69, 9.17) is 0 Å². The van der Waals surface area contributed by atoms with Crippen molar-refractivity contribution >= 4 is 15.9 Å². The number of halogens is 1. The number of hydrogen-bond donors (Lipinski definition) is 1. The van der Waals surface area contributed by atoms with Crippen LogP contribution in [0.5, 0.6) is 0 Å².